The smallest absolute Gasteiger partial charge is 0.324 e. The van der Waals surface area contributed by atoms with Gasteiger partial charge >= 0.3 is 12.3 Å². The number of anilines is 1. The lowest BCUT2D eigenvalue weighted by Gasteiger charge is -2.17. The second kappa shape index (κ2) is 5.71. The van der Waals surface area contributed by atoms with Crippen LogP contribution in [0.2, 0.25) is 0 Å². The van der Waals surface area contributed by atoms with Crippen LogP contribution in [0, 0.1) is 5.92 Å². The summed E-state index contributed by atoms with van der Waals surface area (Å²) in [4.78, 5) is 11.9. The van der Waals surface area contributed by atoms with Crippen LogP contribution in [0.5, 0.6) is 0 Å². The van der Waals surface area contributed by atoms with Crippen LogP contribution in [-0.2, 0) is 6.54 Å². The molecule has 9 heteroatoms. The first kappa shape index (κ1) is 15.3. The third-order valence-corrected chi connectivity index (χ3v) is 3.71. The van der Waals surface area contributed by atoms with E-state index in [-0.39, 0.29) is 10.2 Å². The topological polar surface area (TPSA) is 46.9 Å². The molecule has 112 valence electrons. The van der Waals surface area contributed by atoms with Gasteiger partial charge in [-0.05, 0) is 34.7 Å². The largest absolute Gasteiger partial charge is 0.376 e. The molecule has 1 aliphatic carbocycles. The van der Waals surface area contributed by atoms with E-state index < -0.39 is 24.5 Å². The fourth-order valence-electron chi connectivity index (χ4n) is 1.55. The van der Waals surface area contributed by atoms with Gasteiger partial charge in [-0.25, -0.2) is 13.5 Å². The number of nitrogens with zero attached hydrogens (tertiary/aromatic N) is 2. The molecule has 1 heterocycles. The summed E-state index contributed by atoms with van der Waals surface area (Å²) in [6.45, 7) is -0.790. The molecule has 0 atom stereocenters. The van der Waals surface area contributed by atoms with Crippen molar-refractivity contribution in [3.05, 3.63) is 21.0 Å². The Morgan fingerprint density at radius 2 is 2.15 bits per heavy atom. The first-order valence-electron chi connectivity index (χ1n) is 5.96. The Bertz CT molecular complexity index is 545. The first-order chi connectivity index (χ1) is 9.31. The molecule has 1 saturated carbocycles. The zero-order valence-corrected chi connectivity index (χ0v) is 11.8. The minimum atomic E-state index is -4.16. The highest BCUT2D eigenvalue weighted by Gasteiger charge is 2.40. The molecule has 0 aromatic carbocycles. The lowest BCUT2D eigenvalue weighted by Crippen LogP contribution is -2.35. The van der Waals surface area contributed by atoms with Crippen molar-refractivity contribution >= 4 is 21.6 Å². The molecule has 0 bridgehead atoms. The fraction of sp³-hybridized carbons (Fsp3) is 0.636. The molecule has 0 aliphatic heterocycles. The van der Waals surface area contributed by atoms with Crippen molar-refractivity contribution in [2.45, 2.75) is 31.7 Å². The summed E-state index contributed by atoms with van der Waals surface area (Å²) in [5, 5.41) is 5.96. The SMILES string of the molecule is O=c1c(Br)c(NCC(F)(F)C(F)F)cnn1CC1CC1. The standard InChI is InChI=1S/C11H12BrF4N3O/c12-8-7(17-5-11(15,16)10(13)14)3-18-19(9(8)20)4-6-1-2-6/h3,6,10,17H,1-2,4-5H2. The van der Waals surface area contributed by atoms with E-state index in [1.807, 2.05) is 0 Å². The third kappa shape index (κ3) is 3.50. The van der Waals surface area contributed by atoms with Crippen molar-refractivity contribution < 1.29 is 17.6 Å². The van der Waals surface area contributed by atoms with E-state index in [4.69, 9.17) is 0 Å². The molecule has 1 N–H and O–H groups in total. The molecule has 1 aliphatic rings. The molecular formula is C11H12BrF4N3O. The molecular weight excluding hydrogens is 346 g/mol. The average molecular weight is 358 g/mol. The van der Waals surface area contributed by atoms with Gasteiger partial charge in [0, 0.05) is 6.54 Å². The Kier molecular flexibility index (Phi) is 4.36. The van der Waals surface area contributed by atoms with Gasteiger partial charge in [-0.2, -0.15) is 13.9 Å². The van der Waals surface area contributed by atoms with Crippen LogP contribution in [0.4, 0.5) is 23.2 Å². The summed E-state index contributed by atoms with van der Waals surface area (Å²) in [7, 11) is 0. The maximum Gasteiger partial charge on any atom is 0.324 e. The number of hydrogen-bond donors (Lipinski definition) is 1. The fourth-order valence-corrected chi connectivity index (χ4v) is 2.00. The maximum absolute atomic E-state index is 12.8. The van der Waals surface area contributed by atoms with Gasteiger partial charge in [0.1, 0.15) is 4.47 Å². The molecule has 0 amide bonds. The Morgan fingerprint density at radius 1 is 1.50 bits per heavy atom. The molecule has 1 fully saturated rings. The Balaban J connectivity index is 2.09. The first-order valence-corrected chi connectivity index (χ1v) is 6.76. The number of halogens is 5. The number of alkyl halides is 4. The van der Waals surface area contributed by atoms with Gasteiger partial charge in [-0.15, -0.1) is 0 Å². The Labute approximate surface area is 120 Å². The van der Waals surface area contributed by atoms with E-state index in [0.717, 1.165) is 12.8 Å². The van der Waals surface area contributed by atoms with Gasteiger partial charge in [0.25, 0.3) is 5.56 Å². The second-order valence-corrected chi connectivity index (χ2v) is 5.51. The van der Waals surface area contributed by atoms with E-state index in [1.54, 1.807) is 0 Å². The van der Waals surface area contributed by atoms with E-state index in [0.29, 0.717) is 12.5 Å². The summed E-state index contributed by atoms with van der Waals surface area (Å²) < 4.78 is 50.9. The van der Waals surface area contributed by atoms with E-state index in [1.165, 1.54) is 10.9 Å². The van der Waals surface area contributed by atoms with Crippen LogP contribution in [-0.4, -0.2) is 28.7 Å². The van der Waals surface area contributed by atoms with Crippen LogP contribution >= 0.6 is 15.9 Å². The van der Waals surface area contributed by atoms with Crippen molar-refractivity contribution in [3.8, 4) is 0 Å². The van der Waals surface area contributed by atoms with Crippen LogP contribution in [0.15, 0.2) is 15.5 Å². The zero-order valence-electron chi connectivity index (χ0n) is 10.3. The van der Waals surface area contributed by atoms with Gasteiger partial charge in [0.05, 0.1) is 18.4 Å². The highest BCUT2D eigenvalue weighted by atomic mass is 79.9. The minimum absolute atomic E-state index is 0.0122. The lowest BCUT2D eigenvalue weighted by atomic mass is 10.3. The molecule has 0 spiro atoms. The maximum atomic E-state index is 12.8. The molecule has 20 heavy (non-hydrogen) atoms. The number of nitrogens with one attached hydrogen (secondary N) is 1. The Morgan fingerprint density at radius 3 is 2.70 bits per heavy atom. The van der Waals surface area contributed by atoms with Crippen molar-refractivity contribution in [3.63, 3.8) is 0 Å². The highest BCUT2D eigenvalue weighted by molar-refractivity contribution is 9.10. The average Bonchev–Trinajstić information content (AvgIpc) is 3.18. The van der Waals surface area contributed by atoms with Crippen molar-refractivity contribution in [2.75, 3.05) is 11.9 Å². The quantitative estimate of drug-likeness (QED) is 0.796. The summed E-state index contributed by atoms with van der Waals surface area (Å²) in [5.74, 6) is -3.74. The van der Waals surface area contributed by atoms with Crippen molar-refractivity contribution in [1.82, 2.24) is 9.78 Å². The van der Waals surface area contributed by atoms with Crippen LogP contribution in [0.3, 0.4) is 0 Å². The molecule has 0 unspecified atom stereocenters. The van der Waals surface area contributed by atoms with Crippen LogP contribution in [0.1, 0.15) is 12.8 Å². The summed E-state index contributed by atoms with van der Waals surface area (Å²) in [5.41, 5.74) is -0.496. The molecule has 2 rings (SSSR count). The van der Waals surface area contributed by atoms with E-state index in [9.17, 15) is 22.4 Å². The Hall–Kier alpha value is -1.12. The molecule has 1 aromatic heterocycles. The lowest BCUT2D eigenvalue weighted by molar-refractivity contribution is -0.117. The second-order valence-electron chi connectivity index (χ2n) is 4.72. The van der Waals surface area contributed by atoms with E-state index in [2.05, 4.69) is 26.3 Å². The predicted octanol–water partition coefficient (Wildman–Crippen LogP) is 2.73. The van der Waals surface area contributed by atoms with Gasteiger partial charge in [-0.1, -0.05) is 0 Å². The monoisotopic (exact) mass is 357 g/mol. The molecule has 4 nitrogen and oxygen atoms in total. The number of rotatable bonds is 6. The molecule has 0 saturated heterocycles. The summed E-state index contributed by atoms with van der Waals surface area (Å²) >= 11 is 2.98. The van der Waals surface area contributed by atoms with Gasteiger partial charge in [0.2, 0.25) is 0 Å². The normalized spacial score (nSPS) is 15.7. The van der Waals surface area contributed by atoms with E-state index >= 15 is 0 Å². The predicted molar refractivity (Wildman–Crippen MR) is 68.4 cm³/mol. The van der Waals surface area contributed by atoms with Crippen molar-refractivity contribution in [1.29, 1.82) is 0 Å². The molecule has 1 aromatic rings. The minimum Gasteiger partial charge on any atom is -0.376 e. The van der Waals surface area contributed by atoms with Crippen LogP contribution < -0.4 is 10.9 Å². The molecule has 0 radical (unpaired) electrons. The van der Waals surface area contributed by atoms with Gasteiger partial charge < -0.3 is 5.32 Å². The summed E-state index contributed by atoms with van der Waals surface area (Å²) in [6, 6.07) is 0. The third-order valence-electron chi connectivity index (χ3n) is 2.95. The number of aromatic nitrogens is 2. The van der Waals surface area contributed by atoms with Crippen molar-refractivity contribution in [2.24, 2.45) is 5.92 Å². The highest BCUT2D eigenvalue weighted by Crippen LogP contribution is 2.30. The van der Waals surface area contributed by atoms with Crippen LogP contribution in [0.25, 0.3) is 0 Å². The van der Waals surface area contributed by atoms with Gasteiger partial charge in [0.15, 0.2) is 0 Å². The zero-order chi connectivity index (χ0) is 14.9. The van der Waals surface area contributed by atoms with Gasteiger partial charge in [-0.3, -0.25) is 4.79 Å². The summed E-state index contributed by atoms with van der Waals surface area (Å²) in [6.07, 6.45) is -0.523. The number of hydrogen-bond acceptors (Lipinski definition) is 3.